The lowest BCUT2D eigenvalue weighted by Gasteiger charge is -2.04. The van der Waals surface area contributed by atoms with Crippen LogP contribution < -0.4 is 0 Å². The van der Waals surface area contributed by atoms with E-state index in [4.69, 9.17) is 0 Å². The summed E-state index contributed by atoms with van der Waals surface area (Å²) in [6.07, 6.45) is 3.58. The van der Waals surface area contributed by atoms with Crippen molar-refractivity contribution >= 4 is 17.5 Å². The van der Waals surface area contributed by atoms with Crippen molar-refractivity contribution in [3.8, 4) is 5.75 Å². The van der Waals surface area contributed by atoms with Gasteiger partial charge in [-0.1, -0.05) is 72.8 Å². The number of nitrogens with zero attached hydrogens (tertiary/aromatic N) is 2. The smallest absolute Gasteiger partial charge is 0.124 e. The zero-order chi connectivity index (χ0) is 18.2. The molecule has 3 aromatic rings. The molecule has 0 aliphatic heterocycles. The van der Waals surface area contributed by atoms with Gasteiger partial charge in [0.2, 0.25) is 0 Å². The molecule has 128 valence electrons. The van der Waals surface area contributed by atoms with E-state index in [0.717, 1.165) is 22.4 Å². The van der Waals surface area contributed by atoms with E-state index in [2.05, 4.69) is 29.3 Å². The van der Waals surface area contributed by atoms with Gasteiger partial charge in [0, 0.05) is 11.1 Å². The van der Waals surface area contributed by atoms with Crippen molar-refractivity contribution in [2.75, 3.05) is 0 Å². The summed E-state index contributed by atoms with van der Waals surface area (Å²) in [6, 6.07) is 27.1. The van der Waals surface area contributed by atoms with E-state index in [-0.39, 0.29) is 5.75 Å². The van der Waals surface area contributed by atoms with E-state index in [1.165, 1.54) is 0 Å². The molecule has 3 rings (SSSR count). The Labute approximate surface area is 153 Å². The largest absolute Gasteiger partial charge is 0.507 e. The molecule has 0 saturated heterocycles. The highest BCUT2D eigenvalue weighted by molar-refractivity contribution is 6.12. The van der Waals surface area contributed by atoms with E-state index in [1.807, 2.05) is 60.7 Å². The number of benzene rings is 3. The maximum absolute atomic E-state index is 9.84. The summed E-state index contributed by atoms with van der Waals surface area (Å²) < 4.78 is 0. The number of allylic oxidation sites excluding steroid dienone is 2. The Balaban J connectivity index is 1.95. The Morgan fingerprint density at radius 3 is 2.00 bits per heavy atom. The van der Waals surface area contributed by atoms with Crippen molar-refractivity contribution in [1.29, 1.82) is 0 Å². The van der Waals surface area contributed by atoms with Crippen molar-refractivity contribution in [1.82, 2.24) is 0 Å². The average Bonchev–Trinajstić information content (AvgIpc) is 2.70. The minimum atomic E-state index is 0.184. The Bertz CT molecular complexity index is 942. The first kappa shape index (κ1) is 17.4. The summed E-state index contributed by atoms with van der Waals surface area (Å²) in [5.74, 6) is 0.184. The van der Waals surface area contributed by atoms with Crippen LogP contribution in [0.5, 0.6) is 5.75 Å². The third kappa shape index (κ3) is 4.54. The lowest BCUT2D eigenvalue weighted by atomic mass is 10.0. The minimum absolute atomic E-state index is 0.184. The number of hydrogen-bond donors (Lipinski definition) is 1. The van der Waals surface area contributed by atoms with Crippen LogP contribution in [0, 0.1) is 0 Å². The fourth-order valence-corrected chi connectivity index (χ4v) is 2.52. The van der Waals surface area contributed by atoms with Gasteiger partial charge in [0.05, 0.1) is 11.9 Å². The molecule has 0 aliphatic carbocycles. The molecule has 0 spiro atoms. The SMILES string of the molecule is C/C(=C/C(=N/N=C/c1ccccc1O)c1ccccc1)c1ccccc1. The second-order valence-electron chi connectivity index (χ2n) is 5.85. The summed E-state index contributed by atoms with van der Waals surface area (Å²) in [5, 5.41) is 18.4. The first-order valence-electron chi connectivity index (χ1n) is 8.42. The van der Waals surface area contributed by atoms with Crippen LogP contribution in [0.15, 0.2) is 101 Å². The van der Waals surface area contributed by atoms with E-state index >= 15 is 0 Å². The van der Waals surface area contributed by atoms with E-state index in [0.29, 0.717) is 5.56 Å². The highest BCUT2D eigenvalue weighted by Gasteiger charge is 2.03. The van der Waals surface area contributed by atoms with Gasteiger partial charge in [-0.05, 0) is 36.3 Å². The number of phenolic OH excluding ortho intramolecular Hbond substituents is 1. The number of phenols is 1. The summed E-state index contributed by atoms with van der Waals surface area (Å²) in [4.78, 5) is 0. The second kappa shape index (κ2) is 8.58. The van der Waals surface area contributed by atoms with E-state index < -0.39 is 0 Å². The Kier molecular flexibility index (Phi) is 5.73. The van der Waals surface area contributed by atoms with Gasteiger partial charge in [-0.2, -0.15) is 10.2 Å². The molecule has 1 N–H and O–H groups in total. The van der Waals surface area contributed by atoms with Crippen LogP contribution in [0.2, 0.25) is 0 Å². The average molecular weight is 340 g/mol. The predicted octanol–water partition coefficient (Wildman–Crippen LogP) is 5.32. The summed E-state index contributed by atoms with van der Waals surface area (Å²) in [6.45, 7) is 2.06. The van der Waals surface area contributed by atoms with E-state index in [9.17, 15) is 5.11 Å². The molecule has 0 heterocycles. The Morgan fingerprint density at radius 2 is 1.35 bits per heavy atom. The van der Waals surface area contributed by atoms with Gasteiger partial charge >= 0.3 is 0 Å². The number of aromatic hydroxyl groups is 1. The molecule has 0 aliphatic rings. The first-order chi connectivity index (χ1) is 12.7. The number of rotatable bonds is 5. The maximum atomic E-state index is 9.84. The minimum Gasteiger partial charge on any atom is -0.507 e. The van der Waals surface area contributed by atoms with Crippen molar-refractivity contribution in [2.45, 2.75) is 6.92 Å². The molecule has 3 heteroatoms. The van der Waals surface area contributed by atoms with Crippen molar-refractivity contribution in [3.05, 3.63) is 108 Å². The van der Waals surface area contributed by atoms with Crippen LogP contribution in [-0.4, -0.2) is 17.0 Å². The normalized spacial score (nSPS) is 12.5. The third-order valence-corrected chi connectivity index (χ3v) is 3.95. The first-order valence-corrected chi connectivity index (χ1v) is 8.42. The predicted molar refractivity (Wildman–Crippen MR) is 109 cm³/mol. The quantitative estimate of drug-likeness (QED) is 0.496. The van der Waals surface area contributed by atoms with Gasteiger partial charge in [-0.3, -0.25) is 0 Å². The topological polar surface area (TPSA) is 45.0 Å². The highest BCUT2D eigenvalue weighted by atomic mass is 16.3. The van der Waals surface area contributed by atoms with Gasteiger partial charge in [0.15, 0.2) is 0 Å². The molecule has 0 bridgehead atoms. The van der Waals surface area contributed by atoms with Crippen LogP contribution >= 0.6 is 0 Å². The lowest BCUT2D eigenvalue weighted by molar-refractivity contribution is 0.474. The highest BCUT2D eigenvalue weighted by Crippen LogP contribution is 2.16. The van der Waals surface area contributed by atoms with Crippen molar-refractivity contribution in [3.63, 3.8) is 0 Å². The van der Waals surface area contributed by atoms with Crippen LogP contribution in [0.3, 0.4) is 0 Å². The molecule has 0 aromatic heterocycles. The molecule has 3 nitrogen and oxygen atoms in total. The molecular formula is C23H20N2O. The third-order valence-electron chi connectivity index (χ3n) is 3.95. The van der Waals surface area contributed by atoms with Crippen LogP contribution in [-0.2, 0) is 0 Å². The fourth-order valence-electron chi connectivity index (χ4n) is 2.52. The zero-order valence-corrected chi connectivity index (χ0v) is 14.6. The molecule has 0 unspecified atom stereocenters. The fraction of sp³-hybridized carbons (Fsp3) is 0.0435. The zero-order valence-electron chi connectivity index (χ0n) is 14.6. The molecule has 0 fully saturated rings. The van der Waals surface area contributed by atoms with Gasteiger partial charge in [0.25, 0.3) is 0 Å². The lowest BCUT2D eigenvalue weighted by Crippen LogP contribution is -1.97. The number of para-hydroxylation sites is 1. The van der Waals surface area contributed by atoms with Crippen molar-refractivity contribution in [2.24, 2.45) is 10.2 Å². The van der Waals surface area contributed by atoms with Crippen LogP contribution in [0.1, 0.15) is 23.6 Å². The molecule has 0 saturated carbocycles. The molecule has 26 heavy (non-hydrogen) atoms. The van der Waals surface area contributed by atoms with Crippen LogP contribution in [0.4, 0.5) is 0 Å². The standard InChI is InChI=1S/C23H20N2O/c1-18(19-10-4-2-5-11-19)16-22(20-12-6-3-7-13-20)25-24-17-21-14-8-9-15-23(21)26/h2-17,26H,1H3/b18-16-,24-17+,25-22-. The monoisotopic (exact) mass is 340 g/mol. The van der Waals surface area contributed by atoms with Gasteiger partial charge in [-0.15, -0.1) is 0 Å². The van der Waals surface area contributed by atoms with Crippen molar-refractivity contribution < 1.29 is 5.11 Å². The number of hydrogen-bond acceptors (Lipinski definition) is 3. The van der Waals surface area contributed by atoms with Gasteiger partial charge in [0.1, 0.15) is 5.75 Å². The Hall–Kier alpha value is -3.46. The summed E-state index contributed by atoms with van der Waals surface area (Å²) in [7, 11) is 0. The second-order valence-corrected chi connectivity index (χ2v) is 5.85. The van der Waals surface area contributed by atoms with Crippen LogP contribution in [0.25, 0.3) is 5.57 Å². The molecule has 0 atom stereocenters. The molecular weight excluding hydrogens is 320 g/mol. The summed E-state index contributed by atoms with van der Waals surface area (Å²) in [5.41, 5.74) is 4.62. The summed E-state index contributed by atoms with van der Waals surface area (Å²) >= 11 is 0. The molecule has 3 aromatic carbocycles. The van der Waals surface area contributed by atoms with Gasteiger partial charge in [-0.25, -0.2) is 0 Å². The molecule has 0 radical (unpaired) electrons. The van der Waals surface area contributed by atoms with E-state index in [1.54, 1.807) is 24.4 Å². The maximum Gasteiger partial charge on any atom is 0.124 e. The molecule has 0 amide bonds. The Morgan fingerprint density at radius 1 is 0.769 bits per heavy atom. The van der Waals surface area contributed by atoms with Gasteiger partial charge < -0.3 is 5.11 Å².